The molecule has 61 heavy (non-hydrogen) atoms. The van der Waals surface area contributed by atoms with E-state index in [0.717, 1.165) is 50.9 Å². The zero-order valence-corrected chi connectivity index (χ0v) is 35.9. The van der Waals surface area contributed by atoms with E-state index in [1.165, 1.54) is 5.56 Å². The third kappa shape index (κ3) is 12.9. The molecule has 0 radical (unpaired) electrons. The first kappa shape index (κ1) is 44.4. The van der Waals surface area contributed by atoms with E-state index in [4.69, 9.17) is 40.0 Å². The first-order valence-corrected chi connectivity index (χ1v) is 21.7. The lowest BCUT2D eigenvalue weighted by atomic mass is 9.87. The monoisotopic (exact) mass is 840 g/mol. The van der Waals surface area contributed by atoms with Gasteiger partial charge < -0.3 is 33.5 Å². The Hall–Kier alpha value is -4.67. The van der Waals surface area contributed by atoms with Crippen LogP contribution >= 0.6 is 11.6 Å². The van der Waals surface area contributed by atoms with Crippen molar-refractivity contribution >= 4 is 11.6 Å². The van der Waals surface area contributed by atoms with Crippen LogP contribution < -0.4 is 0 Å². The molecule has 318 valence electrons. The third-order valence-corrected chi connectivity index (χ3v) is 11.3. The van der Waals surface area contributed by atoms with Gasteiger partial charge >= 0.3 is 0 Å². The zero-order valence-electron chi connectivity index (χ0n) is 35.1. The molecular formula is C53H57ClO7. The van der Waals surface area contributed by atoms with Crippen LogP contribution in [0.5, 0.6) is 0 Å². The van der Waals surface area contributed by atoms with Crippen molar-refractivity contribution in [3.63, 3.8) is 0 Å². The number of ether oxygens (including phenoxy) is 6. The fourth-order valence-corrected chi connectivity index (χ4v) is 7.95. The maximum absolute atomic E-state index is 10.2. The summed E-state index contributed by atoms with van der Waals surface area (Å²) in [5, 5.41) is 10.8. The lowest BCUT2D eigenvalue weighted by Crippen LogP contribution is -2.58. The average Bonchev–Trinajstić information content (AvgIpc) is 3.29. The Morgan fingerprint density at radius 3 is 1.56 bits per heavy atom. The minimum atomic E-state index is -0.657. The molecule has 6 aromatic rings. The predicted molar refractivity (Wildman–Crippen MR) is 240 cm³/mol. The van der Waals surface area contributed by atoms with Gasteiger partial charge in [0.05, 0.1) is 52.4 Å². The molecule has 1 aliphatic rings. The van der Waals surface area contributed by atoms with Gasteiger partial charge in [-0.1, -0.05) is 170 Å². The summed E-state index contributed by atoms with van der Waals surface area (Å²) >= 11 is 7.15. The van der Waals surface area contributed by atoms with Gasteiger partial charge in [0, 0.05) is 5.02 Å². The van der Waals surface area contributed by atoms with Gasteiger partial charge in [0.15, 0.2) is 0 Å². The van der Waals surface area contributed by atoms with Gasteiger partial charge in [0.1, 0.15) is 30.5 Å². The molecule has 0 saturated carbocycles. The average molecular weight is 841 g/mol. The van der Waals surface area contributed by atoms with Crippen LogP contribution in [0.15, 0.2) is 158 Å². The third-order valence-electron chi connectivity index (χ3n) is 10.9. The number of rotatable bonds is 21. The van der Waals surface area contributed by atoms with Crippen molar-refractivity contribution in [3.8, 4) is 0 Å². The summed E-state index contributed by atoms with van der Waals surface area (Å²) in [4.78, 5) is 0. The van der Waals surface area contributed by atoms with Gasteiger partial charge in [-0.3, -0.25) is 0 Å². The van der Waals surface area contributed by atoms with E-state index in [1.54, 1.807) is 6.92 Å². The van der Waals surface area contributed by atoms with E-state index in [9.17, 15) is 5.11 Å². The number of aliphatic hydroxyl groups excluding tert-OH is 1. The Kier molecular flexibility index (Phi) is 16.7. The van der Waals surface area contributed by atoms with Crippen LogP contribution in [0.4, 0.5) is 0 Å². The second-order valence-corrected chi connectivity index (χ2v) is 16.1. The van der Waals surface area contributed by atoms with Crippen LogP contribution in [0.2, 0.25) is 5.02 Å². The largest absolute Gasteiger partial charge is 0.391 e. The smallest absolute Gasteiger partial charge is 0.117 e. The lowest BCUT2D eigenvalue weighted by molar-refractivity contribution is -0.275. The van der Waals surface area contributed by atoms with Crippen molar-refractivity contribution < 1.29 is 33.5 Å². The molecule has 0 amide bonds. The van der Waals surface area contributed by atoms with Crippen LogP contribution in [-0.2, 0) is 74.3 Å². The van der Waals surface area contributed by atoms with Crippen molar-refractivity contribution in [3.05, 3.63) is 213 Å². The highest BCUT2D eigenvalue weighted by Gasteiger charge is 2.49. The highest BCUT2D eigenvalue weighted by molar-refractivity contribution is 6.31. The summed E-state index contributed by atoms with van der Waals surface area (Å²) in [5.41, 5.74) is 9.23. The first-order valence-electron chi connectivity index (χ1n) is 21.3. The molecule has 1 N–H and O–H groups in total. The Balaban J connectivity index is 1.32. The summed E-state index contributed by atoms with van der Waals surface area (Å²) < 4.78 is 41.0. The summed E-state index contributed by atoms with van der Waals surface area (Å²) in [6.07, 6.45) is -2.12. The van der Waals surface area contributed by atoms with Crippen LogP contribution in [0.3, 0.4) is 0 Å². The molecule has 0 aromatic heterocycles. The summed E-state index contributed by atoms with van der Waals surface area (Å²) in [7, 11) is 0. The van der Waals surface area contributed by atoms with Gasteiger partial charge in [0.2, 0.25) is 0 Å². The van der Waals surface area contributed by atoms with E-state index in [0.29, 0.717) is 37.9 Å². The van der Waals surface area contributed by atoms with E-state index in [2.05, 4.69) is 85.8 Å². The molecule has 0 spiro atoms. The van der Waals surface area contributed by atoms with Gasteiger partial charge in [-0.15, -0.1) is 0 Å². The molecule has 7 nitrogen and oxygen atoms in total. The van der Waals surface area contributed by atoms with Crippen LogP contribution in [0, 0.1) is 0 Å². The molecule has 1 saturated heterocycles. The van der Waals surface area contributed by atoms with Crippen LogP contribution in [0.1, 0.15) is 70.0 Å². The molecular weight excluding hydrogens is 784 g/mol. The molecule has 0 aliphatic carbocycles. The number of hydrogen-bond donors (Lipinski definition) is 1. The number of aliphatic hydroxyl groups is 1. The van der Waals surface area contributed by atoms with Gasteiger partial charge in [0.25, 0.3) is 0 Å². The minimum absolute atomic E-state index is 0.163. The SMILES string of the molecule is CCc1ccc(Cc2cc([C@@H]3O[C@H](COCc4ccccc4)[C@@H](OCc4ccccc4)[C@H](OCc4ccccc4)[C@H]3OCc3ccccc3)c(COCC(C)O)cc2Cl)cc1. The fourth-order valence-electron chi connectivity index (χ4n) is 7.70. The van der Waals surface area contributed by atoms with Crippen molar-refractivity contribution in [1.82, 2.24) is 0 Å². The summed E-state index contributed by atoms with van der Waals surface area (Å²) in [5.74, 6) is 0. The number of hydrogen-bond acceptors (Lipinski definition) is 7. The molecule has 8 heteroatoms. The molecule has 7 rings (SSSR count). The van der Waals surface area contributed by atoms with Crippen molar-refractivity contribution in [2.24, 2.45) is 0 Å². The van der Waals surface area contributed by atoms with Crippen LogP contribution in [0.25, 0.3) is 0 Å². The molecule has 6 atom stereocenters. The number of aryl methyl sites for hydroxylation is 1. The van der Waals surface area contributed by atoms with Crippen molar-refractivity contribution in [1.29, 1.82) is 0 Å². The molecule has 1 fully saturated rings. The molecule has 1 aliphatic heterocycles. The normalized spacial score (nSPS) is 19.4. The summed E-state index contributed by atoms with van der Waals surface area (Å²) in [6, 6.07) is 53.4. The van der Waals surface area contributed by atoms with E-state index in [-0.39, 0.29) is 19.8 Å². The Labute approximate surface area is 366 Å². The Bertz CT molecular complexity index is 2170. The van der Waals surface area contributed by atoms with E-state index >= 15 is 0 Å². The minimum Gasteiger partial charge on any atom is -0.391 e. The highest BCUT2D eigenvalue weighted by Crippen LogP contribution is 2.41. The second-order valence-electron chi connectivity index (χ2n) is 15.7. The molecule has 1 heterocycles. The van der Waals surface area contributed by atoms with E-state index in [1.807, 2.05) is 78.9 Å². The Morgan fingerprint density at radius 1 is 0.541 bits per heavy atom. The molecule has 1 unspecified atom stereocenters. The van der Waals surface area contributed by atoms with Crippen LogP contribution in [-0.4, -0.2) is 48.8 Å². The van der Waals surface area contributed by atoms with Gasteiger partial charge in [-0.05, 0) is 75.9 Å². The quantitative estimate of drug-likeness (QED) is 0.0774. The second kappa shape index (κ2) is 23.0. The maximum Gasteiger partial charge on any atom is 0.117 e. The van der Waals surface area contributed by atoms with Gasteiger partial charge in [-0.2, -0.15) is 0 Å². The lowest BCUT2D eigenvalue weighted by Gasteiger charge is -2.47. The fraction of sp³-hybridized carbons (Fsp3) is 0.321. The summed E-state index contributed by atoms with van der Waals surface area (Å²) in [6.45, 7) is 5.86. The molecule has 6 aromatic carbocycles. The van der Waals surface area contributed by atoms with E-state index < -0.39 is 36.6 Å². The first-order chi connectivity index (χ1) is 29.9. The Morgan fingerprint density at radius 2 is 1.03 bits per heavy atom. The molecule has 0 bridgehead atoms. The number of halogens is 1. The van der Waals surface area contributed by atoms with Crippen molar-refractivity contribution in [2.45, 2.75) is 96.3 Å². The number of benzene rings is 6. The standard InChI is InChI=1S/C53H57ClO7/c1-3-39-24-26-40(27-25-39)28-45-29-47(46(30-48(45)54)36-56-31-38(2)55)50-52(59-34-43-20-12-6-13-21-43)53(60-35-44-22-14-7-15-23-44)51(58-33-42-18-10-5-11-19-42)49(61-50)37-57-32-41-16-8-4-9-17-41/h4-27,29-30,38,49-53,55H,3,28,31-37H2,1-2H3/t38?,49-,50+,51-,52+,53+/m1/s1. The zero-order chi connectivity index (χ0) is 42.2. The van der Waals surface area contributed by atoms with Gasteiger partial charge in [-0.25, -0.2) is 0 Å². The predicted octanol–water partition coefficient (Wildman–Crippen LogP) is 10.8. The maximum atomic E-state index is 10.2. The topological polar surface area (TPSA) is 75.6 Å². The van der Waals surface area contributed by atoms with Crippen molar-refractivity contribution in [2.75, 3.05) is 13.2 Å². The highest BCUT2D eigenvalue weighted by atomic mass is 35.5.